The number of hydroxylamine groups is 1. The van der Waals surface area contributed by atoms with Crippen molar-refractivity contribution in [3.63, 3.8) is 0 Å². The third kappa shape index (κ3) is 1.97. The molecule has 0 aromatic carbocycles. The molecule has 7 heteroatoms. The molecule has 0 spiro atoms. The smallest absolute Gasteiger partial charge is 0.126 e. The van der Waals surface area contributed by atoms with Crippen LogP contribution in [0.15, 0.2) is 0 Å². The quantitative estimate of drug-likeness (QED) is 0.254. The number of aliphatic hydroxyl groups is 3. The Hall–Kier alpha value is -0.280. The summed E-state index contributed by atoms with van der Waals surface area (Å²) < 4.78 is 4.92. The first kappa shape index (κ1) is 10.8. The fraction of sp³-hybridized carbons (Fsp3) is 1.00. The summed E-state index contributed by atoms with van der Waals surface area (Å²) in [6, 6.07) is -0.960. The minimum absolute atomic E-state index is 0.440. The minimum Gasteiger partial charge on any atom is -0.394 e. The van der Waals surface area contributed by atoms with Gasteiger partial charge in [-0.3, -0.25) is 0 Å². The van der Waals surface area contributed by atoms with Gasteiger partial charge in [-0.1, -0.05) is 0 Å². The summed E-state index contributed by atoms with van der Waals surface area (Å²) in [5.74, 6) is 0. The van der Waals surface area contributed by atoms with Crippen LogP contribution in [0.2, 0.25) is 0 Å². The summed E-state index contributed by atoms with van der Waals surface area (Å²) in [4.78, 5) is 0. The van der Waals surface area contributed by atoms with Gasteiger partial charge in [0.1, 0.15) is 24.5 Å². The van der Waals surface area contributed by atoms with Crippen LogP contribution in [0.25, 0.3) is 0 Å². The third-order valence-electron chi connectivity index (χ3n) is 2.11. The minimum atomic E-state index is -1.27. The molecule has 0 radical (unpaired) electrons. The van der Waals surface area contributed by atoms with Crippen molar-refractivity contribution in [2.24, 2.45) is 5.73 Å². The van der Waals surface area contributed by atoms with E-state index in [9.17, 15) is 10.2 Å². The molecule has 0 amide bonds. The topological polar surface area (TPSA) is 128 Å². The predicted octanol–water partition coefficient (Wildman–Crippen LogP) is -3.27. The van der Waals surface area contributed by atoms with Crippen molar-refractivity contribution in [1.29, 1.82) is 0 Å². The van der Waals surface area contributed by atoms with Gasteiger partial charge in [0.15, 0.2) is 0 Å². The SMILES string of the molecule is N[C@@H]1O[C@H](CO)[C@@H](O)[C@H](O)[C@H]1NO. The molecule has 7 nitrogen and oxygen atoms in total. The molecule has 0 aromatic rings. The highest BCUT2D eigenvalue weighted by molar-refractivity contribution is 4.92. The van der Waals surface area contributed by atoms with Crippen LogP contribution >= 0.6 is 0 Å². The van der Waals surface area contributed by atoms with Crippen LogP contribution in [0.3, 0.4) is 0 Å². The summed E-state index contributed by atoms with van der Waals surface area (Å²) in [5, 5.41) is 36.0. The highest BCUT2D eigenvalue weighted by Gasteiger charge is 2.42. The summed E-state index contributed by atoms with van der Waals surface area (Å²) in [7, 11) is 0. The molecular formula is C6H14N2O5. The Kier molecular flexibility index (Phi) is 3.56. The van der Waals surface area contributed by atoms with E-state index in [0.717, 1.165) is 0 Å². The fourth-order valence-corrected chi connectivity index (χ4v) is 1.29. The summed E-state index contributed by atoms with van der Waals surface area (Å²) in [5.41, 5.74) is 7.12. The van der Waals surface area contributed by atoms with Gasteiger partial charge in [0.2, 0.25) is 0 Å². The Balaban J connectivity index is 2.66. The first-order valence-corrected chi connectivity index (χ1v) is 3.89. The molecule has 1 saturated heterocycles. The second-order valence-electron chi connectivity index (χ2n) is 2.96. The zero-order valence-corrected chi connectivity index (χ0v) is 6.87. The Morgan fingerprint density at radius 1 is 1.31 bits per heavy atom. The van der Waals surface area contributed by atoms with E-state index in [-0.39, 0.29) is 0 Å². The molecule has 1 aliphatic heterocycles. The Morgan fingerprint density at radius 2 is 1.92 bits per heavy atom. The summed E-state index contributed by atoms with van der Waals surface area (Å²) >= 11 is 0. The lowest BCUT2D eigenvalue weighted by Crippen LogP contribution is -2.65. The summed E-state index contributed by atoms with van der Waals surface area (Å²) in [6.07, 6.45) is -4.43. The molecule has 78 valence electrons. The van der Waals surface area contributed by atoms with Crippen molar-refractivity contribution < 1.29 is 25.3 Å². The van der Waals surface area contributed by atoms with Gasteiger partial charge < -0.3 is 31.0 Å². The monoisotopic (exact) mass is 194 g/mol. The van der Waals surface area contributed by atoms with Crippen molar-refractivity contribution in [2.75, 3.05) is 6.61 Å². The zero-order valence-electron chi connectivity index (χ0n) is 6.87. The Labute approximate surface area is 74.7 Å². The van der Waals surface area contributed by atoms with Crippen molar-refractivity contribution in [1.82, 2.24) is 5.48 Å². The van der Waals surface area contributed by atoms with Crippen molar-refractivity contribution in [3.8, 4) is 0 Å². The average Bonchev–Trinajstić information content (AvgIpc) is 2.12. The molecule has 0 unspecified atom stereocenters. The second-order valence-corrected chi connectivity index (χ2v) is 2.96. The number of nitrogens with two attached hydrogens (primary N) is 1. The molecule has 1 rings (SSSR count). The van der Waals surface area contributed by atoms with Gasteiger partial charge >= 0.3 is 0 Å². The largest absolute Gasteiger partial charge is 0.394 e. The molecule has 0 aromatic heterocycles. The van der Waals surface area contributed by atoms with Crippen molar-refractivity contribution in [3.05, 3.63) is 0 Å². The lowest BCUT2D eigenvalue weighted by Gasteiger charge is -2.39. The first-order valence-electron chi connectivity index (χ1n) is 3.89. The van der Waals surface area contributed by atoms with E-state index in [1.54, 1.807) is 5.48 Å². The van der Waals surface area contributed by atoms with E-state index < -0.39 is 37.2 Å². The fourth-order valence-electron chi connectivity index (χ4n) is 1.29. The predicted molar refractivity (Wildman–Crippen MR) is 40.7 cm³/mol. The first-order chi connectivity index (χ1) is 6.11. The zero-order chi connectivity index (χ0) is 10.0. The Morgan fingerprint density at radius 3 is 2.38 bits per heavy atom. The molecule has 5 atom stereocenters. The van der Waals surface area contributed by atoms with Crippen molar-refractivity contribution >= 4 is 0 Å². The molecule has 0 bridgehead atoms. The van der Waals surface area contributed by atoms with Gasteiger partial charge in [-0.25, -0.2) is 0 Å². The van der Waals surface area contributed by atoms with Crippen LogP contribution in [0, 0.1) is 0 Å². The van der Waals surface area contributed by atoms with E-state index >= 15 is 0 Å². The van der Waals surface area contributed by atoms with E-state index in [2.05, 4.69) is 0 Å². The molecule has 13 heavy (non-hydrogen) atoms. The highest BCUT2D eigenvalue weighted by atomic mass is 16.5. The van der Waals surface area contributed by atoms with Gasteiger partial charge in [0.25, 0.3) is 0 Å². The number of nitrogens with one attached hydrogen (secondary N) is 1. The van der Waals surface area contributed by atoms with Gasteiger partial charge in [-0.15, -0.1) is 0 Å². The number of rotatable bonds is 2. The second kappa shape index (κ2) is 4.29. The molecule has 0 saturated carbocycles. The van der Waals surface area contributed by atoms with Crippen LogP contribution in [0.4, 0.5) is 0 Å². The molecule has 0 aliphatic carbocycles. The number of hydrogen-bond acceptors (Lipinski definition) is 7. The maximum atomic E-state index is 9.37. The van der Waals surface area contributed by atoms with Crippen LogP contribution in [-0.4, -0.2) is 57.7 Å². The van der Waals surface area contributed by atoms with Crippen LogP contribution in [0.5, 0.6) is 0 Å². The third-order valence-corrected chi connectivity index (χ3v) is 2.11. The molecule has 7 N–H and O–H groups in total. The van der Waals surface area contributed by atoms with Crippen LogP contribution < -0.4 is 11.2 Å². The Bertz CT molecular complexity index is 169. The summed E-state index contributed by atoms with van der Waals surface area (Å²) in [6.45, 7) is -0.440. The van der Waals surface area contributed by atoms with Gasteiger partial charge in [-0.05, 0) is 0 Å². The number of aliphatic hydroxyl groups excluding tert-OH is 3. The molecular weight excluding hydrogens is 180 g/mol. The van der Waals surface area contributed by atoms with Gasteiger partial charge in [0, 0.05) is 0 Å². The van der Waals surface area contributed by atoms with E-state index in [0.29, 0.717) is 0 Å². The highest BCUT2D eigenvalue weighted by Crippen LogP contribution is 2.17. The number of ether oxygens (including phenoxy) is 1. The number of hydrogen-bond donors (Lipinski definition) is 6. The maximum Gasteiger partial charge on any atom is 0.126 e. The normalized spacial score (nSPS) is 46.4. The van der Waals surface area contributed by atoms with E-state index in [1.165, 1.54) is 0 Å². The maximum absolute atomic E-state index is 9.37. The van der Waals surface area contributed by atoms with Gasteiger partial charge in [-0.2, -0.15) is 5.48 Å². The molecule has 1 heterocycles. The molecule has 1 fully saturated rings. The standard InChI is InChI=1S/C6H14N2O5/c7-6-3(8-12)5(11)4(10)2(1-9)13-6/h2-6,8-12H,1,7H2/t2-,3-,4-,5-,6-/m1/s1. The van der Waals surface area contributed by atoms with Crippen molar-refractivity contribution in [2.45, 2.75) is 30.6 Å². The van der Waals surface area contributed by atoms with E-state index in [1.807, 2.05) is 0 Å². The molecule has 1 aliphatic rings. The average molecular weight is 194 g/mol. The van der Waals surface area contributed by atoms with Gasteiger partial charge in [0.05, 0.1) is 12.6 Å². The lowest BCUT2D eigenvalue weighted by atomic mass is 9.97. The van der Waals surface area contributed by atoms with Crippen LogP contribution in [-0.2, 0) is 4.74 Å². The van der Waals surface area contributed by atoms with Crippen LogP contribution in [0.1, 0.15) is 0 Å². The van der Waals surface area contributed by atoms with E-state index in [4.69, 9.17) is 20.8 Å². The lowest BCUT2D eigenvalue weighted by molar-refractivity contribution is -0.206.